The van der Waals surface area contributed by atoms with Gasteiger partial charge in [0.1, 0.15) is 0 Å². The number of methoxy groups -OCH3 is 1. The van der Waals surface area contributed by atoms with Gasteiger partial charge in [0, 0.05) is 12.7 Å². The Morgan fingerprint density at radius 2 is 1.56 bits per heavy atom. The van der Waals surface area contributed by atoms with Crippen LogP contribution in [0.1, 0.15) is 42.0 Å². The largest absolute Gasteiger partial charge is 0.435 e. The maximum Gasteiger partial charge on any atom is 0.335 e. The van der Waals surface area contributed by atoms with Crippen LogP contribution >= 0.6 is 0 Å². The number of rotatable bonds is 4. The number of hydrogen-bond acceptors (Lipinski definition) is 3. The van der Waals surface area contributed by atoms with Crippen molar-refractivity contribution in [2.75, 3.05) is 13.9 Å². The number of carbonyl (C=O) groups excluding carboxylic acids is 1. The van der Waals surface area contributed by atoms with E-state index in [0.29, 0.717) is 5.57 Å². The summed E-state index contributed by atoms with van der Waals surface area (Å²) in [5.41, 5.74) is 1.64. The maximum atomic E-state index is 10.5. The summed E-state index contributed by atoms with van der Waals surface area (Å²) in [6.07, 6.45) is 1.11. The van der Waals surface area contributed by atoms with Crippen LogP contribution < -0.4 is 0 Å². The minimum absolute atomic E-state index is 0. The summed E-state index contributed by atoms with van der Waals surface area (Å²) in [5.74, 6) is -0.420. The van der Waals surface area contributed by atoms with Gasteiger partial charge in [0.25, 0.3) is 0 Å². The summed E-state index contributed by atoms with van der Waals surface area (Å²) < 4.78 is 8.97. The molecule has 0 aromatic rings. The second kappa shape index (κ2) is 16.3. The normalized spacial score (nSPS) is 7.25. The van der Waals surface area contributed by atoms with Crippen LogP contribution in [0, 0.1) is 0 Å². The van der Waals surface area contributed by atoms with Crippen molar-refractivity contribution in [3.8, 4) is 0 Å². The number of ether oxygens (including phenoxy) is 2. The van der Waals surface area contributed by atoms with Crippen LogP contribution in [-0.4, -0.2) is 19.9 Å². The lowest BCUT2D eigenvalue weighted by molar-refractivity contribution is -0.149. The summed E-state index contributed by atoms with van der Waals surface area (Å²) >= 11 is 0. The second-order valence-electron chi connectivity index (χ2n) is 2.93. The molecule has 0 N–H and O–H groups in total. The predicted molar refractivity (Wildman–Crippen MR) is 71.3 cm³/mol. The lowest BCUT2D eigenvalue weighted by Gasteiger charge is -1.99. The first-order valence-corrected chi connectivity index (χ1v) is 4.41. The number of hydrogen-bond donors (Lipinski definition) is 0. The molecule has 0 aromatic heterocycles. The summed E-state index contributed by atoms with van der Waals surface area (Å²) in [7, 11) is 1.45. The second-order valence-corrected chi connectivity index (χ2v) is 2.93. The number of allylic oxidation sites excluding steroid dienone is 1. The first-order chi connectivity index (χ1) is 6.45. The van der Waals surface area contributed by atoms with Crippen LogP contribution in [0.2, 0.25) is 0 Å². The van der Waals surface area contributed by atoms with Crippen LogP contribution in [0.4, 0.5) is 0 Å². The van der Waals surface area contributed by atoms with Gasteiger partial charge in [0.15, 0.2) is 6.79 Å². The molecule has 3 heteroatoms. The lowest BCUT2D eigenvalue weighted by atomic mass is 10.3. The van der Waals surface area contributed by atoms with Gasteiger partial charge in [0.05, 0.1) is 0 Å². The summed E-state index contributed by atoms with van der Waals surface area (Å²) in [6.45, 7) is 12.8. The zero-order valence-electron chi connectivity index (χ0n) is 9.55. The van der Waals surface area contributed by atoms with Crippen molar-refractivity contribution < 1.29 is 14.3 Å². The van der Waals surface area contributed by atoms with E-state index in [9.17, 15) is 4.79 Å². The Hall–Kier alpha value is -1.09. The average molecular weight is 232 g/mol. The highest BCUT2D eigenvalue weighted by atomic mass is 16.7. The Labute approximate surface area is 101 Å². The fourth-order valence-corrected chi connectivity index (χ4v) is 0.236. The monoisotopic (exact) mass is 232 g/mol. The molecule has 0 atom stereocenters. The van der Waals surface area contributed by atoms with Crippen molar-refractivity contribution >= 4 is 5.97 Å². The minimum atomic E-state index is -0.420. The van der Waals surface area contributed by atoms with Gasteiger partial charge in [-0.15, -0.1) is 6.58 Å². The molecular weight excluding hydrogens is 204 g/mol. The molecule has 0 saturated carbocycles. The fraction of sp³-hybridized carbons (Fsp3) is 0.615. The van der Waals surface area contributed by atoms with Gasteiger partial charge < -0.3 is 9.47 Å². The molecule has 0 spiro atoms. The third kappa shape index (κ3) is 23.1. The molecule has 0 rings (SSSR count). The van der Waals surface area contributed by atoms with Crippen LogP contribution in [0.25, 0.3) is 0 Å². The molecule has 0 heterocycles. The Kier molecular flexibility index (Phi) is 24.8. The minimum Gasteiger partial charge on any atom is -0.435 e. The van der Waals surface area contributed by atoms with Crippen molar-refractivity contribution in [2.24, 2.45) is 0 Å². The lowest BCUT2D eigenvalue weighted by Crippen LogP contribution is -2.06. The van der Waals surface area contributed by atoms with E-state index in [1.54, 1.807) is 6.92 Å². The van der Waals surface area contributed by atoms with Crippen molar-refractivity contribution in [3.05, 3.63) is 24.3 Å². The van der Waals surface area contributed by atoms with Gasteiger partial charge in [-0.1, -0.05) is 33.9 Å². The molecule has 0 aliphatic carbocycles. The highest BCUT2D eigenvalue weighted by Gasteiger charge is 1.99. The van der Waals surface area contributed by atoms with Crippen LogP contribution in [0.5, 0.6) is 0 Å². The number of esters is 1. The van der Waals surface area contributed by atoms with E-state index >= 15 is 0 Å². The van der Waals surface area contributed by atoms with E-state index in [1.807, 2.05) is 6.92 Å². The molecule has 3 nitrogen and oxygen atoms in total. The van der Waals surface area contributed by atoms with E-state index < -0.39 is 5.97 Å². The van der Waals surface area contributed by atoms with Crippen molar-refractivity contribution in [3.63, 3.8) is 0 Å². The molecule has 0 aliphatic heterocycles. The van der Waals surface area contributed by atoms with E-state index in [1.165, 1.54) is 12.7 Å². The van der Waals surface area contributed by atoms with Crippen molar-refractivity contribution in [1.82, 2.24) is 0 Å². The van der Waals surface area contributed by atoms with E-state index in [4.69, 9.17) is 0 Å². The third-order valence-corrected chi connectivity index (χ3v) is 1.26. The Bertz CT molecular complexity index is 195. The van der Waals surface area contributed by atoms with Crippen LogP contribution in [0.3, 0.4) is 0 Å². The molecule has 0 unspecified atom stereocenters. The molecular formula is C13H28O3. The third-order valence-electron chi connectivity index (χ3n) is 1.26. The van der Waals surface area contributed by atoms with E-state index in [-0.39, 0.29) is 21.6 Å². The van der Waals surface area contributed by atoms with Crippen LogP contribution in [0.15, 0.2) is 24.3 Å². The van der Waals surface area contributed by atoms with Crippen molar-refractivity contribution in [2.45, 2.75) is 42.0 Å². The Balaban J connectivity index is -0.0000000904. The zero-order chi connectivity index (χ0) is 11.6. The van der Waals surface area contributed by atoms with E-state index in [2.05, 4.69) is 29.6 Å². The fourth-order valence-electron chi connectivity index (χ4n) is 0.236. The first kappa shape index (κ1) is 24.2. The predicted octanol–water partition coefficient (Wildman–Crippen LogP) is 3.95. The zero-order valence-corrected chi connectivity index (χ0v) is 9.55. The van der Waals surface area contributed by atoms with Gasteiger partial charge in [-0.25, -0.2) is 4.79 Å². The molecule has 0 fully saturated rings. The smallest absolute Gasteiger partial charge is 0.335 e. The SMILES string of the molecule is C.C.C=C(C)C(=O)OCOC.C=C(C)CC. The highest BCUT2D eigenvalue weighted by molar-refractivity contribution is 5.86. The van der Waals surface area contributed by atoms with Gasteiger partial charge >= 0.3 is 5.97 Å². The molecule has 0 bridgehead atoms. The van der Waals surface area contributed by atoms with E-state index in [0.717, 1.165) is 6.42 Å². The molecule has 98 valence electrons. The van der Waals surface area contributed by atoms with Gasteiger partial charge in [-0.2, -0.15) is 0 Å². The van der Waals surface area contributed by atoms with Crippen LogP contribution in [-0.2, 0) is 14.3 Å². The van der Waals surface area contributed by atoms with Crippen molar-refractivity contribution in [1.29, 1.82) is 0 Å². The standard InChI is InChI=1S/C6H10O3.C5H10.2CH4/c1-5(2)6(7)9-4-8-3;1-4-5(2)3;;/h1,4H2,2-3H3;2,4H2,1,3H3;2*1H4. The molecule has 0 saturated heterocycles. The molecule has 0 radical (unpaired) electrons. The van der Waals surface area contributed by atoms with Gasteiger partial charge in [0.2, 0.25) is 0 Å². The summed E-state index contributed by atoms with van der Waals surface area (Å²) in [6, 6.07) is 0. The van der Waals surface area contributed by atoms with Gasteiger partial charge in [-0.05, 0) is 20.3 Å². The van der Waals surface area contributed by atoms with Gasteiger partial charge in [-0.3, -0.25) is 0 Å². The summed E-state index contributed by atoms with van der Waals surface area (Å²) in [4.78, 5) is 10.5. The maximum absolute atomic E-state index is 10.5. The quantitative estimate of drug-likeness (QED) is 0.318. The average Bonchev–Trinajstić information content (AvgIpc) is 2.14. The first-order valence-electron chi connectivity index (χ1n) is 4.41. The Morgan fingerprint density at radius 1 is 1.19 bits per heavy atom. The molecule has 0 amide bonds. The summed E-state index contributed by atoms with van der Waals surface area (Å²) in [5, 5.41) is 0. The topological polar surface area (TPSA) is 35.5 Å². The Morgan fingerprint density at radius 3 is 1.75 bits per heavy atom. The molecule has 0 aliphatic rings. The molecule has 16 heavy (non-hydrogen) atoms. The highest BCUT2D eigenvalue weighted by Crippen LogP contribution is 1.90. The number of carbonyl (C=O) groups is 1. The molecule has 0 aromatic carbocycles.